The first kappa shape index (κ1) is 9.39. The Hall–Kier alpha value is -0.840. The van der Waals surface area contributed by atoms with Crippen molar-refractivity contribution in [3.63, 3.8) is 0 Å². The number of aliphatic hydroxyl groups excluding tert-OH is 1. The first-order valence-corrected chi connectivity index (χ1v) is 5.91. The molecule has 0 radical (unpaired) electrons. The lowest BCUT2D eigenvalue weighted by atomic mass is 10.2. The number of benzene rings is 1. The van der Waals surface area contributed by atoms with Gasteiger partial charge >= 0.3 is 0 Å². The highest BCUT2D eigenvalue weighted by Gasteiger charge is 2.27. The summed E-state index contributed by atoms with van der Waals surface area (Å²) >= 11 is 7.66. The van der Waals surface area contributed by atoms with Crippen molar-refractivity contribution >= 4 is 38.3 Å². The number of halogens is 1. The zero-order valence-corrected chi connectivity index (χ0v) is 9.42. The number of aliphatic hydroxyl groups is 1. The van der Waals surface area contributed by atoms with E-state index < -0.39 is 0 Å². The van der Waals surface area contributed by atoms with Gasteiger partial charge in [-0.15, -0.1) is 0 Å². The number of rotatable bonds is 1. The van der Waals surface area contributed by atoms with Gasteiger partial charge in [0.2, 0.25) is 0 Å². The van der Waals surface area contributed by atoms with Gasteiger partial charge < -0.3 is 10.0 Å². The van der Waals surface area contributed by atoms with Crippen molar-refractivity contribution in [1.29, 1.82) is 0 Å². The fraction of sp³-hybridized carbons (Fsp3) is 0.300. The Morgan fingerprint density at radius 1 is 1.47 bits per heavy atom. The second-order valence-corrected chi connectivity index (χ2v) is 5.06. The summed E-state index contributed by atoms with van der Waals surface area (Å²) in [5.41, 5.74) is 0.862. The van der Waals surface area contributed by atoms with Gasteiger partial charge in [0, 0.05) is 13.1 Å². The molecule has 1 aliphatic rings. The van der Waals surface area contributed by atoms with Crippen LogP contribution >= 0.6 is 22.9 Å². The van der Waals surface area contributed by atoms with Crippen molar-refractivity contribution in [2.24, 2.45) is 0 Å². The van der Waals surface area contributed by atoms with Crippen LogP contribution in [0.2, 0.25) is 5.02 Å². The van der Waals surface area contributed by atoms with E-state index in [9.17, 15) is 5.11 Å². The highest BCUT2D eigenvalue weighted by atomic mass is 35.5. The minimum absolute atomic E-state index is 0.201. The lowest BCUT2D eigenvalue weighted by molar-refractivity contribution is 0.142. The van der Waals surface area contributed by atoms with E-state index in [4.69, 9.17) is 11.6 Å². The van der Waals surface area contributed by atoms with E-state index in [1.54, 1.807) is 11.3 Å². The maximum Gasteiger partial charge on any atom is 0.186 e. The summed E-state index contributed by atoms with van der Waals surface area (Å²) in [6, 6.07) is 5.79. The third kappa shape index (κ3) is 1.49. The molecule has 0 spiro atoms. The quantitative estimate of drug-likeness (QED) is 0.830. The third-order valence-corrected chi connectivity index (χ3v) is 3.88. The maximum atomic E-state index is 9.22. The molecule has 0 aliphatic carbocycles. The van der Waals surface area contributed by atoms with Gasteiger partial charge in [-0.3, -0.25) is 0 Å². The van der Waals surface area contributed by atoms with Gasteiger partial charge in [-0.25, -0.2) is 4.98 Å². The third-order valence-electron chi connectivity index (χ3n) is 2.49. The maximum absolute atomic E-state index is 9.22. The van der Waals surface area contributed by atoms with Gasteiger partial charge in [-0.1, -0.05) is 29.0 Å². The molecule has 1 N–H and O–H groups in total. The van der Waals surface area contributed by atoms with Gasteiger partial charge in [0.25, 0.3) is 0 Å². The molecule has 2 heterocycles. The monoisotopic (exact) mass is 240 g/mol. The van der Waals surface area contributed by atoms with E-state index in [1.807, 2.05) is 18.2 Å². The summed E-state index contributed by atoms with van der Waals surface area (Å²) in [7, 11) is 0. The molecule has 1 aromatic carbocycles. The Labute approximate surface area is 95.9 Å². The Morgan fingerprint density at radius 2 is 2.27 bits per heavy atom. The molecule has 3 rings (SSSR count). The van der Waals surface area contributed by atoms with Crippen LogP contribution in [0.5, 0.6) is 0 Å². The van der Waals surface area contributed by atoms with Crippen LogP contribution in [0.25, 0.3) is 10.2 Å². The normalized spacial score (nSPS) is 17.1. The highest BCUT2D eigenvalue weighted by Crippen LogP contribution is 2.34. The largest absolute Gasteiger partial charge is 0.389 e. The van der Waals surface area contributed by atoms with Crippen molar-refractivity contribution in [1.82, 2.24) is 4.98 Å². The van der Waals surface area contributed by atoms with E-state index in [1.165, 1.54) is 0 Å². The first-order chi connectivity index (χ1) is 7.24. The molecular weight excluding hydrogens is 232 g/mol. The average Bonchev–Trinajstić information content (AvgIpc) is 2.58. The summed E-state index contributed by atoms with van der Waals surface area (Å²) in [5.74, 6) is 0. The number of β-amino-alcohol motifs (C(OH)–C–C–N with tert-alkyl or cyclic N) is 1. The van der Waals surface area contributed by atoms with Crippen LogP contribution in [0, 0.1) is 0 Å². The van der Waals surface area contributed by atoms with Crippen LogP contribution in [0.3, 0.4) is 0 Å². The molecule has 3 nitrogen and oxygen atoms in total. The van der Waals surface area contributed by atoms with Crippen LogP contribution < -0.4 is 4.90 Å². The lowest BCUT2D eigenvalue weighted by Crippen LogP contribution is -2.50. The van der Waals surface area contributed by atoms with Crippen LogP contribution in [0.4, 0.5) is 5.13 Å². The highest BCUT2D eigenvalue weighted by molar-refractivity contribution is 7.22. The molecular formula is C10H9ClN2OS. The van der Waals surface area contributed by atoms with Crippen LogP contribution in [-0.2, 0) is 0 Å². The molecule has 0 bridgehead atoms. The summed E-state index contributed by atoms with van der Waals surface area (Å²) < 4.78 is 1.10. The molecule has 15 heavy (non-hydrogen) atoms. The minimum atomic E-state index is -0.201. The van der Waals surface area contributed by atoms with E-state index in [-0.39, 0.29) is 6.10 Å². The average molecular weight is 241 g/mol. The number of hydrogen-bond donors (Lipinski definition) is 1. The van der Waals surface area contributed by atoms with E-state index in [0.717, 1.165) is 15.3 Å². The van der Waals surface area contributed by atoms with E-state index >= 15 is 0 Å². The van der Waals surface area contributed by atoms with Crippen LogP contribution in [0.1, 0.15) is 0 Å². The van der Waals surface area contributed by atoms with Gasteiger partial charge in [0.15, 0.2) is 5.13 Å². The van der Waals surface area contributed by atoms with E-state index in [2.05, 4.69) is 9.88 Å². The van der Waals surface area contributed by atoms with E-state index in [0.29, 0.717) is 18.1 Å². The molecule has 1 fully saturated rings. The van der Waals surface area contributed by atoms with Gasteiger partial charge in [-0.05, 0) is 12.1 Å². The van der Waals surface area contributed by atoms with Gasteiger partial charge in [-0.2, -0.15) is 0 Å². The molecule has 2 aromatic rings. The number of nitrogens with zero attached hydrogens (tertiary/aromatic N) is 2. The second kappa shape index (κ2) is 3.33. The SMILES string of the molecule is OC1CN(c2nc3c(Cl)cccc3s2)C1. The number of anilines is 1. The molecule has 0 unspecified atom stereocenters. The smallest absolute Gasteiger partial charge is 0.186 e. The lowest BCUT2D eigenvalue weighted by Gasteiger charge is -2.35. The number of fused-ring (bicyclic) bond motifs is 1. The number of hydrogen-bond acceptors (Lipinski definition) is 4. The minimum Gasteiger partial charge on any atom is -0.389 e. The Kier molecular flexibility index (Phi) is 2.09. The van der Waals surface area contributed by atoms with Crippen molar-refractivity contribution in [2.75, 3.05) is 18.0 Å². The molecule has 78 valence electrons. The predicted molar refractivity (Wildman–Crippen MR) is 62.8 cm³/mol. The van der Waals surface area contributed by atoms with Gasteiger partial charge in [0.1, 0.15) is 5.52 Å². The summed E-state index contributed by atoms with van der Waals surface area (Å²) in [6.45, 7) is 1.36. The van der Waals surface area contributed by atoms with Gasteiger partial charge in [0.05, 0.1) is 15.8 Å². The van der Waals surface area contributed by atoms with Crippen LogP contribution in [0.15, 0.2) is 18.2 Å². The Morgan fingerprint density at radius 3 is 2.93 bits per heavy atom. The van der Waals surface area contributed by atoms with Crippen molar-refractivity contribution in [3.05, 3.63) is 23.2 Å². The Bertz CT molecular complexity index is 507. The number of para-hydroxylation sites is 1. The predicted octanol–water partition coefficient (Wildman–Crippen LogP) is 2.13. The fourth-order valence-corrected chi connectivity index (χ4v) is 2.93. The topological polar surface area (TPSA) is 36.4 Å². The zero-order chi connectivity index (χ0) is 10.4. The molecule has 0 amide bonds. The standard InChI is InChI=1S/C10H9ClN2OS/c11-7-2-1-3-8-9(7)12-10(15-8)13-4-6(14)5-13/h1-3,6,14H,4-5H2. The number of thiazole rings is 1. The summed E-state index contributed by atoms with van der Waals surface area (Å²) in [5, 5.41) is 10.9. The van der Waals surface area contributed by atoms with Crippen molar-refractivity contribution < 1.29 is 5.11 Å². The molecule has 1 aromatic heterocycles. The van der Waals surface area contributed by atoms with Crippen molar-refractivity contribution in [2.45, 2.75) is 6.10 Å². The zero-order valence-electron chi connectivity index (χ0n) is 7.85. The molecule has 1 aliphatic heterocycles. The fourth-order valence-electron chi connectivity index (χ4n) is 1.65. The molecule has 5 heteroatoms. The summed E-state index contributed by atoms with van der Waals surface area (Å²) in [4.78, 5) is 6.53. The van der Waals surface area contributed by atoms with Crippen LogP contribution in [-0.4, -0.2) is 29.3 Å². The molecule has 0 saturated carbocycles. The molecule has 1 saturated heterocycles. The summed E-state index contributed by atoms with van der Waals surface area (Å²) in [6.07, 6.45) is -0.201. The number of aromatic nitrogens is 1. The Balaban J connectivity index is 2.03. The first-order valence-electron chi connectivity index (χ1n) is 4.72. The molecule has 0 atom stereocenters. The van der Waals surface area contributed by atoms with Crippen molar-refractivity contribution in [3.8, 4) is 0 Å². The second-order valence-electron chi connectivity index (χ2n) is 3.64.